The van der Waals surface area contributed by atoms with Gasteiger partial charge in [-0.1, -0.05) is 41.9 Å². The van der Waals surface area contributed by atoms with E-state index in [0.717, 1.165) is 12.0 Å². The molecule has 0 radical (unpaired) electrons. The van der Waals surface area contributed by atoms with Gasteiger partial charge < -0.3 is 19.6 Å². The molecule has 0 aliphatic rings. The van der Waals surface area contributed by atoms with Crippen molar-refractivity contribution in [3.63, 3.8) is 0 Å². The lowest BCUT2D eigenvalue weighted by atomic mass is 10.1. The third kappa shape index (κ3) is 6.68. The zero-order chi connectivity index (χ0) is 21.2. The van der Waals surface area contributed by atoms with Crippen LogP contribution in [0.1, 0.15) is 32.8 Å². The first-order chi connectivity index (χ1) is 14.0. The molecule has 0 bridgehead atoms. The van der Waals surface area contributed by atoms with E-state index in [1.807, 2.05) is 25.1 Å². The smallest absolute Gasteiger partial charge is 0.273 e. The normalized spacial score (nSPS) is 12.2. The lowest BCUT2D eigenvalue weighted by Crippen LogP contribution is -2.33. The average molecular weight is 421 g/mol. The predicted molar refractivity (Wildman–Crippen MR) is 117 cm³/mol. The average Bonchev–Trinajstić information content (AvgIpc) is 2.73. The number of carbonyl (C=O) groups is 1. The highest BCUT2D eigenvalue weighted by molar-refractivity contribution is 6.45. The van der Waals surface area contributed by atoms with Crippen LogP contribution in [0.4, 0.5) is 0 Å². The van der Waals surface area contributed by atoms with Crippen molar-refractivity contribution in [2.24, 2.45) is 5.16 Å². The first-order valence-corrected chi connectivity index (χ1v) is 9.85. The number of methoxy groups -OCH3 is 1. The van der Waals surface area contributed by atoms with Gasteiger partial charge in [0.1, 0.15) is 7.11 Å². The molecule has 0 aliphatic carbocycles. The van der Waals surface area contributed by atoms with Crippen LogP contribution in [0.25, 0.3) is 0 Å². The van der Waals surface area contributed by atoms with Gasteiger partial charge >= 0.3 is 0 Å². The third-order valence-electron chi connectivity index (χ3n) is 4.35. The third-order valence-corrected chi connectivity index (χ3v) is 4.60. The fraction of sp³-hybridized carbons (Fsp3) is 0.364. The van der Waals surface area contributed by atoms with Crippen molar-refractivity contribution in [1.29, 1.82) is 0 Å². The Morgan fingerprint density at radius 1 is 1.17 bits per heavy atom. The molecule has 2 aromatic rings. The van der Waals surface area contributed by atoms with Gasteiger partial charge in [-0.2, -0.15) is 0 Å². The second-order valence-electron chi connectivity index (χ2n) is 6.46. The summed E-state index contributed by atoms with van der Waals surface area (Å²) in [5.41, 5.74) is 1.84. The molecule has 2 rings (SSSR count). The Hall–Kier alpha value is -2.73. The lowest BCUT2D eigenvalue weighted by molar-refractivity contribution is -0.114. The van der Waals surface area contributed by atoms with Crippen molar-refractivity contribution in [2.75, 3.05) is 20.8 Å². The summed E-state index contributed by atoms with van der Waals surface area (Å²) in [6.45, 7) is 4.52. The maximum Gasteiger partial charge on any atom is 0.273 e. The standard InChI is InChI=1S/C22H27ClN2O4.H2/c1-5-15(2)29-19-11-6-16(14-20(19)27-3)12-13-24-22(26)21(25-28-4)17-7-9-18(23)10-8-17;/h6-11,14-15H,5,12-13H2,1-4H3,(H,24,26);1H/b25-21-;. The Morgan fingerprint density at radius 3 is 2.52 bits per heavy atom. The van der Waals surface area contributed by atoms with Gasteiger partial charge in [0, 0.05) is 18.6 Å². The zero-order valence-electron chi connectivity index (χ0n) is 17.2. The summed E-state index contributed by atoms with van der Waals surface area (Å²) >= 11 is 5.91. The van der Waals surface area contributed by atoms with Gasteiger partial charge in [-0.3, -0.25) is 4.79 Å². The molecule has 0 aromatic heterocycles. The Bertz CT molecular complexity index is 844. The zero-order valence-corrected chi connectivity index (χ0v) is 18.0. The summed E-state index contributed by atoms with van der Waals surface area (Å²) in [4.78, 5) is 17.4. The number of oxime groups is 1. The number of amides is 1. The number of benzene rings is 2. The molecule has 0 aliphatic heterocycles. The van der Waals surface area contributed by atoms with Crippen LogP contribution < -0.4 is 14.8 Å². The van der Waals surface area contributed by atoms with Gasteiger partial charge in [0.15, 0.2) is 17.2 Å². The molecular formula is C22H29ClN2O4. The molecule has 1 amide bonds. The number of hydrogen-bond acceptors (Lipinski definition) is 5. The van der Waals surface area contributed by atoms with Crippen molar-refractivity contribution in [3.8, 4) is 11.5 Å². The Kier molecular flexibility index (Phi) is 8.80. The molecule has 2 aromatic carbocycles. The van der Waals surface area contributed by atoms with Crippen LogP contribution in [0.2, 0.25) is 5.02 Å². The number of carbonyl (C=O) groups excluding carboxylic acids is 1. The Labute approximate surface area is 178 Å². The molecule has 0 heterocycles. The maximum absolute atomic E-state index is 12.5. The lowest BCUT2D eigenvalue weighted by Gasteiger charge is -2.16. The number of nitrogens with one attached hydrogen (secondary N) is 1. The van der Waals surface area contributed by atoms with E-state index >= 15 is 0 Å². The van der Waals surface area contributed by atoms with E-state index in [9.17, 15) is 4.79 Å². The second-order valence-corrected chi connectivity index (χ2v) is 6.89. The Balaban J connectivity index is 0.00000450. The highest BCUT2D eigenvalue weighted by atomic mass is 35.5. The van der Waals surface area contributed by atoms with Crippen LogP contribution in [-0.4, -0.2) is 38.5 Å². The molecule has 1 atom stereocenters. The minimum absolute atomic E-state index is 0. The van der Waals surface area contributed by atoms with Crippen LogP contribution in [-0.2, 0) is 16.1 Å². The van der Waals surface area contributed by atoms with Crippen LogP contribution in [0.5, 0.6) is 11.5 Å². The van der Waals surface area contributed by atoms with Gasteiger partial charge in [-0.25, -0.2) is 0 Å². The van der Waals surface area contributed by atoms with Gasteiger partial charge in [0.25, 0.3) is 5.91 Å². The number of halogens is 1. The molecule has 0 fully saturated rings. The van der Waals surface area contributed by atoms with Crippen molar-refractivity contribution in [1.82, 2.24) is 5.32 Å². The molecule has 1 N–H and O–H groups in total. The first kappa shape index (κ1) is 22.6. The SMILES string of the molecule is CCC(C)Oc1ccc(CCNC(=O)/C(=N\OC)c2ccc(Cl)cc2)cc1OC.[HH]. The van der Waals surface area contributed by atoms with Gasteiger partial charge in [-0.15, -0.1) is 0 Å². The number of rotatable bonds is 10. The van der Waals surface area contributed by atoms with Gasteiger partial charge in [0.2, 0.25) is 0 Å². The van der Waals surface area contributed by atoms with Crippen molar-refractivity contribution < 1.29 is 20.5 Å². The van der Waals surface area contributed by atoms with E-state index in [2.05, 4.69) is 17.4 Å². The van der Waals surface area contributed by atoms with E-state index in [1.54, 1.807) is 31.4 Å². The Morgan fingerprint density at radius 2 is 1.90 bits per heavy atom. The minimum Gasteiger partial charge on any atom is -0.493 e. The number of nitrogens with zero attached hydrogens (tertiary/aromatic N) is 1. The van der Waals surface area contributed by atoms with Gasteiger partial charge in [0.05, 0.1) is 13.2 Å². The van der Waals surface area contributed by atoms with E-state index in [0.29, 0.717) is 35.1 Å². The fourth-order valence-electron chi connectivity index (χ4n) is 2.59. The number of hydrogen-bond donors (Lipinski definition) is 1. The maximum atomic E-state index is 12.5. The quantitative estimate of drug-likeness (QED) is 0.454. The first-order valence-electron chi connectivity index (χ1n) is 9.47. The molecular weight excluding hydrogens is 392 g/mol. The monoisotopic (exact) mass is 420 g/mol. The van der Waals surface area contributed by atoms with E-state index in [4.69, 9.17) is 25.9 Å². The summed E-state index contributed by atoms with van der Waals surface area (Å²) < 4.78 is 11.3. The highest BCUT2D eigenvalue weighted by Gasteiger charge is 2.15. The van der Waals surface area contributed by atoms with Crippen LogP contribution >= 0.6 is 11.6 Å². The molecule has 158 valence electrons. The molecule has 7 heteroatoms. The van der Waals surface area contributed by atoms with Gasteiger partial charge in [-0.05, 0) is 49.6 Å². The fourth-order valence-corrected chi connectivity index (χ4v) is 2.72. The molecule has 0 spiro atoms. The van der Waals surface area contributed by atoms with Crippen molar-refractivity contribution in [3.05, 3.63) is 58.6 Å². The molecule has 0 saturated heterocycles. The molecule has 1 unspecified atom stereocenters. The summed E-state index contributed by atoms with van der Waals surface area (Å²) in [6.07, 6.45) is 1.66. The van der Waals surface area contributed by atoms with E-state index < -0.39 is 0 Å². The van der Waals surface area contributed by atoms with Crippen molar-refractivity contribution in [2.45, 2.75) is 32.8 Å². The molecule has 6 nitrogen and oxygen atoms in total. The topological polar surface area (TPSA) is 69.2 Å². The highest BCUT2D eigenvalue weighted by Crippen LogP contribution is 2.29. The van der Waals surface area contributed by atoms with Crippen LogP contribution in [0.15, 0.2) is 47.6 Å². The summed E-state index contributed by atoms with van der Waals surface area (Å²) in [5, 5.41) is 7.30. The van der Waals surface area contributed by atoms with E-state index in [-0.39, 0.29) is 19.1 Å². The van der Waals surface area contributed by atoms with Crippen molar-refractivity contribution >= 4 is 23.2 Å². The summed E-state index contributed by atoms with van der Waals surface area (Å²) in [5.74, 6) is 1.07. The number of ether oxygens (including phenoxy) is 2. The molecule has 0 saturated carbocycles. The summed E-state index contributed by atoms with van der Waals surface area (Å²) in [6, 6.07) is 12.6. The van der Waals surface area contributed by atoms with Crippen LogP contribution in [0.3, 0.4) is 0 Å². The second kappa shape index (κ2) is 11.3. The minimum atomic E-state index is -0.321. The summed E-state index contributed by atoms with van der Waals surface area (Å²) in [7, 11) is 3.02. The van der Waals surface area contributed by atoms with Crippen LogP contribution in [0, 0.1) is 0 Å². The molecule has 29 heavy (non-hydrogen) atoms. The predicted octanol–water partition coefficient (Wildman–Crippen LogP) is 4.48. The van der Waals surface area contributed by atoms with E-state index in [1.165, 1.54) is 7.11 Å². The largest absolute Gasteiger partial charge is 0.493 e.